The molecule has 0 saturated carbocycles. The molecule has 4 amide bonds. The predicted octanol–water partition coefficient (Wildman–Crippen LogP) is 3.01. The highest BCUT2D eigenvalue weighted by Gasteiger charge is 2.51. The average Bonchev–Trinajstić information content (AvgIpc) is 1.68. The smallest absolute Gasteiger partial charge is 0.508 e. The molecule has 7 N–H and O–H groups in total. The maximum atomic E-state index is 14.1. The summed E-state index contributed by atoms with van der Waals surface area (Å²) in [7, 11) is 0. The number of hydrogen-bond acceptors (Lipinski definition) is 23. The zero-order valence-corrected chi connectivity index (χ0v) is 50.6. The molecule has 3 aliphatic rings. The van der Waals surface area contributed by atoms with Crippen LogP contribution in [0.3, 0.4) is 0 Å². The Morgan fingerprint density at radius 2 is 1.33 bits per heavy atom. The van der Waals surface area contributed by atoms with Crippen LogP contribution in [0.5, 0.6) is 5.75 Å². The Balaban J connectivity index is 0.692. The van der Waals surface area contributed by atoms with Gasteiger partial charge in [0, 0.05) is 60.3 Å². The van der Waals surface area contributed by atoms with Gasteiger partial charge in [0.15, 0.2) is 0 Å². The number of pyridine rings is 2. The fourth-order valence-electron chi connectivity index (χ4n) is 10.1. The molecule has 3 aliphatic heterocycles. The molecule has 5 heterocycles. The SMILES string of the molecule is CCc1c2c(nc3ccc(O)cc13)-c1cc3c(c(=O)n1C2)COC(=O)[C@@]3(CC)OC(=O)OCc1ccc(NC(O)[C@H](CCCCN)NC(=O)CCOCCOCCOCCOCCOCCOCCOCCOCCNC(=O)CCN2C(=O)C=CC2=O)cc1. The molecule has 89 heavy (non-hydrogen) atoms. The number of phenolic OH excluding ortho intramolecular Hbond substituents is 1. The number of benzene rings is 2. The Hall–Kier alpha value is -7.44. The van der Waals surface area contributed by atoms with Gasteiger partial charge in [0.2, 0.25) is 17.4 Å². The first-order chi connectivity index (χ1) is 43.3. The monoisotopic (exact) mass is 1250 g/mol. The molecule has 7 rings (SSSR count). The van der Waals surface area contributed by atoms with Crippen molar-refractivity contribution in [2.75, 3.05) is 131 Å². The van der Waals surface area contributed by atoms with E-state index in [-0.39, 0.29) is 87.5 Å². The van der Waals surface area contributed by atoms with E-state index >= 15 is 0 Å². The molecule has 0 bridgehead atoms. The van der Waals surface area contributed by atoms with Crippen molar-refractivity contribution in [2.45, 2.75) is 96.4 Å². The Kier molecular flexibility index (Phi) is 28.1. The second-order valence-corrected chi connectivity index (χ2v) is 20.8. The highest BCUT2D eigenvalue weighted by molar-refractivity contribution is 6.13. The van der Waals surface area contributed by atoms with Crippen molar-refractivity contribution in [1.82, 2.24) is 25.1 Å². The molecule has 0 spiro atoms. The van der Waals surface area contributed by atoms with Crippen LogP contribution in [0.25, 0.3) is 22.3 Å². The molecule has 4 aromatic rings. The normalized spacial score (nSPS) is 15.6. The number of unbranched alkanes of at least 4 members (excludes halogenated alkanes) is 1. The summed E-state index contributed by atoms with van der Waals surface area (Å²) in [4.78, 5) is 95.0. The molecule has 2 aromatic carbocycles. The van der Waals surface area contributed by atoms with Gasteiger partial charge in [-0.3, -0.25) is 28.9 Å². The topological polar surface area (TPSA) is 345 Å². The van der Waals surface area contributed by atoms with E-state index in [1.165, 1.54) is 12.2 Å². The van der Waals surface area contributed by atoms with Gasteiger partial charge in [-0.15, -0.1) is 0 Å². The fourth-order valence-corrected chi connectivity index (χ4v) is 10.1. The number of nitrogens with two attached hydrogens (primary N) is 1. The number of carbonyl (C=O) groups excluding carboxylic acids is 6. The standard InChI is InChI=1S/C62H83N7O20/c1-3-45-46-37-44(70)12-13-50(46)67-57-47(45)39-69-52(57)38-49-48(59(69)76)41-87-60(77)62(49,4-2)89-61(78)88-40-42-8-10-43(11-9-42)65-58(75)51(7-5-6-18-63)66-54(72)17-21-79-23-25-81-27-29-83-31-33-85-35-36-86-34-32-84-30-28-82-26-24-80-22-19-64-53(71)16-20-68-55(73)14-15-56(68)74/h8-15,37-38,51,58,65,70,75H,3-7,16-36,39-41,63H2,1-2H3,(H,64,71)(H,66,72)/t51-,58?,62-/m0/s1. The number of ether oxygens (including phenoxy) is 11. The van der Waals surface area contributed by atoms with E-state index in [0.29, 0.717) is 159 Å². The maximum Gasteiger partial charge on any atom is 0.510 e. The molecule has 2 aromatic heterocycles. The van der Waals surface area contributed by atoms with Gasteiger partial charge >= 0.3 is 12.1 Å². The second kappa shape index (κ2) is 36.3. The van der Waals surface area contributed by atoms with Gasteiger partial charge in [0.05, 0.1) is 141 Å². The van der Waals surface area contributed by atoms with Crippen molar-refractivity contribution in [3.05, 3.63) is 98.9 Å². The number of nitrogens with one attached hydrogen (secondary N) is 3. The molecule has 0 aliphatic carbocycles. The van der Waals surface area contributed by atoms with E-state index in [4.69, 9.17) is 62.8 Å². The molecule has 1 unspecified atom stereocenters. The highest BCUT2D eigenvalue weighted by atomic mass is 16.7. The average molecular weight is 1250 g/mol. The van der Waals surface area contributed by atoms with Gasteiger partial charge < -0.3 is 88.6 Å². The number of imide groups is 1. The van der Waals surface area contributed by atoms with Gasteiger partial charge in [-0.1, -0.05) is 26.0 Å². The first-order valence-corrected chi connectivity index (χ1v) is 30.2. The van der Waals surface area contributed by atoms with E-state index in [2.05, 4.69) is 16.0 Å². The van der Waals surface area contributed by atoms with Crippen LogP contribution in [0.2, 0.25) is 0 Å². The van der Waals surface area contributed by atoms with E-state index in [9.17, 15) is 43.8 Å². The minimum Gasteiger partial charge on any atom is -0.508 e. The molecule has 27 heteroatoms. The number of aromatic hydroxyl groups is 1. The van der Waals surface area contributed by atoms with E-state index in [0.717, 1.165) is 21.4 Å². The number of fused-ring (bicyclic) bond motifs is 5. The number of aliphatic hydroxyl groups is 1. The lowest BCUT2D eigenvalue weighted by Gasteiger charge is -2.35. The van der Waals surface area contributed by atoms with E-state index in [1.54, 1.807) is 60.0 Å². The molecule has 27 nitrogen and oxygen atoms in total. The molecular formula is C62H83N7O20. The van der Waals surface area contributed by atoms with Crippen molar-refractivity contribution in [3.8, 4) is 17.1 Å². The van der Waals surface area contributed by atoms with Crippen molar-refractivity contribution in [3.63, 3.8) is 0 Å². The first-order valence-electron chi connectivity index (χ1n) is 30.2. The highest BCUT2D eigenvalue weighted by Crippen LogP contribution is 2.42. The zero-order valence-electron chi connectivity index (χ0n) is 50.6. The third-order valence-corrected chi connectivity index (χ3v) is 14.8. The van der Waals surface area contributed by atoms with Crippen LogP contribution in [-0.4, -0.2) is 198 Å². The van der Waals surface area contributed by atoms with Gasteiger partial charge in [-0.2, -0.15) is 0 Å². The number of aliphatic hydroxyl groups excluding tert-OH is 1. The number of aromatic nitrogens is 2. The lowest BCUT2D eigenvalue weighted by molar-refractivity contribution is -0.175. The van der Waals surface area contributed by atoms with Crippen LogP contribution < -0.4 is 27.2 Å². The summed E-state index contributed by atoms with van der Waals surface area (Å²) in [6.45, 7) is 9.83. The predicted molar refractivity (Wildman–Crippen MR) is 320 cm³/mol. The number of anilines is 1. The number of hydrogen-bond donors (Lipinski definition) is 6. The summed E-state index contributed by atoms with van der Waals surface area (Å²) in [5.74, 6) is -2.14. The van der Waals surface area contributed by atoms with E-state index < -0.39 is 47.4 Å². The van der Waals surface area contributed by atoms with Gasteiger partial charge in [-0.05, 0) is 86.2 Å². The van der Waals surface area contributed by atoms with Crippen LogP contribution in [-0.2, 0) is 108 Å². The lowest BCUT2D eigenvalue weighted by Crippen LogP contribution is -2.47. The Labute approximate surface area is 515 Å². The number of phenols is 1. The lowest BCUT2D eigenvalue weighted by atomic mass is 9.85. The zero-order chi connectivity index (χ0) is 63.4. The van der Waals surface area contributed by atoms with Crippen molar-refractivity contribution >= 4 is 52.3 Å². The van der Waals surface area contributed by atoms with Gasteiger partial charge in [0.1, 0.15) is 25.2 Å². The van der Waals surface area contributed by atoms with Crippen LogP contribution in [0.15, 0.2) is 65.5 Å². The molecule has 0 fully saturated rings. The number of esters is 1. The first kappa shape index (κ1) is 69.0. The Bertz CT molecular complexity index is 3070. The summed E-state index contributed by atoms with van der Waals surface area (Å²) in [6.07, 6.45) is 2.49. The quantitative estimate of drug-likeness (QED) is 0.0141. The molecule has 0 saturated heterocycles. The molecule has 486 valence electrons. The van der Waals surface area contributed by atoms with Crippen LogP contribution in [0.1, 0.15) is 80.2 Å². The summed E-state index contributed by atoms with van der Waals surface area (Å²) in [6, 6.07) is 12.6. The summed E-state index contributed by atoms with van der Waals surface area (Å²) in [5.41, 5.74) is 8.27. The largest absolute Gasteiger partial charge is 0.510 e. The molecule has 0 radical (unpaired) electrons. The summed E-state index contributed by atoms with van der Waals surface area (Å²) >= 11 is 0. The van der Waals surface area contributed by atoms with Crippen molar-refractivity contribution < 1.29 is 91.1 Å². The van der Waals surface area contributed by atoms with Crippen LogP contribution in [0, 0.1) is 0 Å². The number of rotatable bonds is 43. The summed E-state index contributed by atoms with van der Waals surface area (Å²) in [5, 5.41) is 30.9. The Morgan fingerprint density at radius 1 is 0.730 bits per heavy atom. The van der Waals surface area contributed by atoms with Gasteiger partial charge in [0.25, 0.3) is 17.4 Å². The van der Waals surface area contributed by atoms with Crippen LogP contribution in [0.4, 0.5) is 10.5 Å². The Morgan fingerprint density at radius 3 is 1.91 bits per heavy atom. The number of carbonyl (C=O) groups is 6. The minimum absolute atomic E-state index is 0.0286. The van der Waals surface area contributed by atoms with E-state index in [1.807, 2.05) is 6.92 Å². The number of cyclic esters (lactones) is 1. The van der Waals surface area contributed by atoms with Crippen molar-refractivity contribution in [1.29, 1.82) is 0 Å². The third kappa shape index (κ3) is 20.3. The van der Waals surface area contributed by atoms with Gasteiger partial charge in [-0.25, -0.2) is 14.6 Å². The number of amides is 4. The van der Waals surface area contributed by atoms with Crippen LogP contribution >= 0.6 is 0 Å². The maximum absolute atomic E-state index is 14.1. The van der Waals surface area contributed by atoms with Crippen molar-refractivity contribution in [2.24, 2.45) is 5.73 Å². The summed E-state index contributed by atoms with van der Waals surface area (Å²) < 4.78 is 62.5. The molecule has 3 atom stereocenters. The minimum atomic E-state index is -1.98. The third-order valence-electron chi connectivity index (χ3n) is 14.8. The molecular weight excluding hydrogens is 1160 g/mol. The number of aryl methyl sites for hydroxylation is 1. The fraction of sp³-hybridized carbons (Fsp3) is 0.548. The number of nitrogens with zero attached hydrogens (tertiary/aromatic N) is 3. The second-order valence-electron chi connectivity index (χ2n) is 20.8.